The Hall–Kier alpha value is -2.67. The number of fused-ring (bicyclic) bond motifs is 1. The number of halogens is 1. The molecule has 1 amide bonds. The topological polar surface area (TPSA) is 68.4 Å². The summed E-state index contributed by atoms with van der Waals surface area (Å²) < 4.78 is 4.07. The fourth-order valence-corrected chi connectivity index (χ4v) is 2.70. The van der Waals surface area contributed by atoms with E-state index >= 15 is 0 Å². The molecule has 0 radical (unpaired) electrons. The van der Waals surface area contributed by atoms with Gasteiger partial charge in [-0.2, -0.15) is 5.10 Å². The molecule has 1 heterocycles. The highest BCUT2D eigenvalue weighted by atomic mass is 79.9. The zero-order chi connectivity index (χ0) is 17.3. The van der Waals surface area contributed by atoms with Crippen LogP contribution in [-0.2, 0) is 14.1 Å². The minimum atomic E-state index is -0.285. The van der Waals surface area contributed by atoms with Gasteiger partial charge in [0.25, 0.3) is 5.91 Å². The second kappa shape index (κ2) is 6.45. The second-order valence-electron chi connectivity index (χ2n) is 5.35. The quantitative estimate of drug-likeness (QED) is 0.554. The number of aryl methyl sites for hydroxylation is 2. The van der Waals surface area contributed by atoms with Crippen LogP contribution < -0.4 is 11.1 Å². The molecule has 0 fully saturated rings. The molecular formula is C17H15BrN4O2. The van der Waals surface area contributed by atoms with E-state index in [9.17, 15) is 9.59 Å². The lowest BCUT2D eigenvalue weighted by atomic mass is 10.2. The monoisotopic (exact) mass is 386 g/mol. The van der Waals surface area contributed by atoms with Gasteiger partial charge >= 0.3 is 5.69 Å². The lowest BCUT2D eigenvalue weighted by Gasteiger charge is -2.00. The summed E-state index contributed by atoms with van der Waals surface area (Å²) in [6, 6.07) is 12.6. The number of rotatable bonds is 3. The Morgan fingerprint density at radius 3 is 2.46 bits per heavy atom. The number of nitrogens with zero attached hydrogens (tertiary/aromatic N) is 3. The number of benzene rings is 2. The normalized spacial score (nSPS) is 11.3. The number of hydrogen-bond donors (Lipinski definition) is 1. The maximum absolute atomic E-state index is 12.0. The second-order valence-corrected chi connectivity index (χ2v) is 6.27. The molecule has 0 saturated carbocycles. The molecule has 1 N–H and O–H groups in total. The number of carbonyl (C=O) groups excluding carboxylic acids is 1. The Bertz CT molecular complexity index is 1000. The zero-order valence-electron chi connectivity index (χ0n) is 13.2. The summed E-state index contributed by atoms with van der Waals surface area (Å²) in [5.41, 5.74) is 5.38. The van der Waals surface area contributed by atoms with Crippen LogP contribution in [0, 0.1) is 0 Å². The molecule has 24 heavy (non-hydrogen) atoms. The number of hydrogen-bond acceptors (Lipinski definition) is 3. The van der Waals surface area contributed by atoms with E-state index in [1.807, 2.05) is 18.2 Å². The third kappa shape index (κ3) is 3.03. The van der Waals surface area contributed by atoms with Crippen molar-refractivity contribution in [3.05, 3.63) is 68.5 Å². The van der Waals surface area contributed by atoms with Gasteiger partial charge in [0.1, 0.15) is 0 Å². The van der Waals surface area contributed by atoms with Crippen molar-refractivity contribution >= 4 is 39.1 Å². The van der Waals surface area contributed by atoms with Crippen LogP contribution in [0.2, 0.25) is 0 Å². The maximum atomic E-state index is 12.0. The van der Waals surface area contributed by atoms with Crippen LogP contribution in [0.15, 0.2) is 56.8 Å². The number of carbonyl (C=O) groups is 1. The van der Waals surface area contributed by atoms with Crippen molar-refractivity contribution in [2.24, 2.45) is 19.2 Å². The summed E-state index contributed by atoms with van der Waals surface area (Å²) in [7, 11) is 3.46. The highest BCUT2D eigenvalue weighted by Crippen LogP contribution is 2.13. The van der Waals surface area contributed by atoms with Crippen molar-refractivity contribution in [2.75, 3.05) is 0 Å². The van der Waals surface area contributed by atoms with Gasteiger partial charge in [-0.1, -0.05) is 22.0 Å². The third-order valence-corrected chi connectivity index (χ3v) is 4.31. The van der Waals surface area contributed by atoms with Crippen LogP contribution in [0.25, 0.3) is 11.0 Å². The van der Waals surface area contributed by atoms with E-state index in [0.717, 1.165) is 21.1 Å². The number of amides is 1. The van der Waals surface area contributed by atoms with Crippen molar-refractivity contribution < 1.29 is 4.79 Å². The average Bonchev–Trinajstić information content (AvgIpc) is 2.80. The summed E-state index contributed by atoms with van der Waals surface area (Å²) in [6.07, 6.45) is 1.55. The van der Waals surface area contributed by atoms with Crippen LogP contribution in [0.1, 0.15) is 15.9 Å². The highest BCUT2D eigenvalue weighted by Gasteiger charge is 2.07. The fourth-order valence-electron chi connectivity index (χ4n) is 2.44. The van der Waals surface area contributed by atoms with Gasteiger partial charge in [0.2, 0.25) is 0 Å². The molecule has 0 spiro atoms. The van der Waals surface area contributed by atoms with Crippen molar-refractivity contribution in [1.82, 2.24) is 14.6 Å². The van der Waals surface area contributed by atoms with Crippen LogP contribution in [0.5, 0.6) is 0 Å². The first-order valence-electron chi connectivity index (χ1n) is 7.22. The van der Waals surface area contributed by atoms with Crippen molar-refractivity contribution in [3.8, 4) is 0 Å². The van der Waals surface area contributed by atoms with E-state index in [-0.39, 0.29) is 11.6 Å². The predicted octanol–water partition coefficient (Wildman–Crippen LogP) is 2.40. The van der Waals surface area contributed by atoms with Crippen LogP contribution >= 0.6 is 15.9 Å². The summed E-state index contributed by atoms with van der Waals surface area (Å²) in [6.45, 7) is 0. The number of hydrazone groups is 1. The van der Waals surface area contributed by atoms with Gasteiger partial charge in [0.05, 0.1) is 17.2 Å². The molecule has 0 aliphatic heterocycles. The number of imidazole rings is 1. The Morgan fingerprint density at radius 2 is 1.75 bits per heavy atom. The van der Waals surface area contributed by atoms with E-state index in [2.05, 4.69) is 26.5 Å². The maximum Gasteiger partial charge on any atom is 0.328 e. The van der Waals surface area contributed by atoms with Crippen LogP contribution in [0.4, 0.5) is 0 Å². The van der Waals surface area contributed by atoms with Gasteiger partial charge < -0.3 is 0 Å². The molecule has 1 aromatic heterocycles. The van der Waals surface area contributed by atoms with Gasteiger partial charge in [-0.15, -0.1) is 0 Å². The largest absolute Gasteiger partial charge is 0.328 e. The number of nitrogens with one attached hydrogen (secondary N) is 1. The average molecular weight is 387 g/mol. The van der Waals surface area contributed by atoms with Gasteiger partial charge in [-0.25, -0.2) is 10.2 Å². The van der Waals surface area contributed by atoms with E-state index in [1.54, 1.807) is 53.7 Å². The van der Waals surface area contributed by atoms with E-state index in [1.165, 1.54) is 0 Å². The minimum Gasteiger partial charge on any atom is -0.295 e. The summed E-state index contributed by atoms with van der Waals surface area (Å²) in [4.78, 5) is 23.9. The minimum absolute atomic E-state index is 0.0809. The fraction of sp³-hybridized carbons (Fsp3) is 0.118. The molecule has 2 aromatic carbocycles. The molecule has 3 aromatic rings. The molecule has 6 nitrogen and oxygen atoms in total. The third-order valence-electron chi connectivity index (χ3n) is 3.78. The molecule has 0 atom stereocenters. The SMILES string of the molecule is Cn1c(=O)n(C)c2cc(/C=N\NC(=O)c3ccc(Br)cc3)ccc21. The van der Waals surface area contributed by atoms with E-state index in [0.29, 0.717) is 5.56 Å². The van der Waals surface area contributed by atoms with E-state index in [4.69, 9.17) is 0 Å². The molecule has 7 heteroatoms. The van der Waals surface area contributed by atoms with Gasteiger partial charge in [-0.05, 0) is 42.0 Å². The van der Waals surface area contributed by atoms with Gasteiger partial charge in [0, 0.05) is 24.1 Å². The molecule has 3 rings (SSSR count). The number of aromatic nitrogens is 2. The first kappa shape index (κ1) is 16.2. The molecule has 122 valence electrons. The van der Waals surface area contributed by atoms with Crippen LogP contribution in [0.3, 0.4) is 0 Å². The van der Waals surface area contributed by atoms with Crippen molar-refractivity contribution in [1.29, 1.82) is 0 Å². The van der Waals surface area contributed by atoms with Gasteiger partial charge in [0.15, 0.2) is 0 Å². The highest BCUT2D eigenvalue weighted by molar-refractivity contribution is 9.10. The van der Waals surface area contributed by atoms with Gasteiger partial charge in [-0.3, -0.25) is 13.9 Å². The van der Waals surface area contributed by atoms with E-state index < -0.39 is 0 Å². The predicted molar refractivity (Wildman–Crippen MR) is 97.4 cm³/mol. The summed E-state index contributed by atoms with van der Waals surface area (Å²) >= 11 is 3.32. The molecular weight excluding hydrogens is 372 g/mol. The molecule has 0 unspecified atom stereocenters. The molecule has 0 aliphatic carbocycles. The lowest BCUT2D eigenvalue weighted by Crippen LogP contribution is -2.19. The molecule has 0 saturated heterocycles. The first-order valence-corrected chi connectivity index (χ1v) is 8.01. The summed E-state index contributed by atoms with van der Waals surface area (Å²) in [5, 5.41) is 3.98. The van der Waals surface area contributed by atoms with Crippen molar-refractivity contribution in [3.63, 3.8) is 0 Å². The Labute approximate surface area is 146 Å². The Kier molecular flexibility index (Phi) is 4.35. The molecule has 0 bridgehead atoms. The first-order chi connectivity index (χ1) is 11.5. The van der Waals surface area contributed by atoms with Crippen molar-refractivity contribution in [2.45, 2.75) is 0 Å². The Balaban J connectivity index is 1.78. The standard InChI is InChI=1S/C17H15BrN4O2/c1-21-14-8-3-11(9-15(14)22(2)17(21)24)10-19-20-16(23)12-4-6-13(18)7-5-12/h3-10H,1-2H3,(H,20,23)/b19-10-. The lowest BCUT2D eigenvalue weighted by molar-refractivity contribution is 0.0955. The van der Waals surface area contributed by atoms with Crippen LogP contribution in [-0.4, -0.2) is 21.3 Å². The molecule has 0 aliphatic rings. The zero-order valence-corrected chi connectivity index (χ0v) is 14.7. The smallest absolute Gasteiger partial charge is 0.295 e. The Morgan fingerprint density at radius 1 is 1.08 bits per heavy atom. The summed E-state index contributed by atoms with van der Waals surface area (Å²) in [5.74, 6) is -0.285.